The molecule has 0 aromatic heterocycles. The number of rotatable bonds is 8. The first-order chi connectivity index (χ1) is 23.3. The molecule has 48 heavy (non-hydrogen) atoms. The molecule has 0 amide bonds. The van der Waals surface area contributed by atoms with Gasteiger partial charge in [-0.25, -0.2) is 4.79 Å². The number of esters is 1. The molecule has 0 radical (unpaired) electrons. The summed E-state index contributed by atoms with van der Waals surface area (Å²) in [6.45, 7) is 3.75. The summed E-state index contributed by atoms with van der Waals surface area (Å²) in [5, 5.41) is 22.5. The number of carbonyl (C=O) groups excluding carboxylic acids is 1. The molecule has 0 spiro atoms. The molecule has 11 nitrogen and oxygen atoms in total. The van der Waals surface area contributed by atoms with Crippen molar-refractivity contribution in [2.45, 2.75) is 56.9 Å². The van der Waals surface area contributed by atoms with Crippen molar-refractivity contribution in [1.82, 2.24) is 9.80 Å². The molecule has 0 aliphatic carbocycles. The first-order valence-corrected chi connectivity index (χ1v) is 16.0. The van der Waals surface area contributed by atoms with Crippen LogP contribution in [0, 0.1) is 25.2 Å². The molecule has 250 valence electrons. The minimum Gasteiger partial charge on any atom is -0.507 e. The Bertz CT molecular complexity index is 1820. The van der Waals surface area contributed by atoms with Gasteiger partial charge in [-0.1, -0.05) is 36.4 Å². The van der Waals surface area contributed by atoms with Crippen molar-refractivity contribution >= 4 is 12.0 Å². The van der Waals surface area contributed by atoms with Crippen LogP contribution in [-0.4, -0.2) is 80.5 Å². The predicted molar refractivity (Wildman–Crippen MR) is 175 cm³/mol. The van der Waals surface area contributed by atoms with Crippen LogP contribution in [0.4, 0.5) is 0 Å². The van der Waals surface area contributed by atoms with E-state index in [1.54, 1.807) is 27.2 Å². The lowest BCUT2D eigenvalue weighted by atomic mass is 9.71. The number of likely N-dealkylation sites (N-methyl/N-ethyl adjacent to an activating group) is 1. The van der Waals surface area contributed by atoms with Crippen molar-refractivity contribution in [3.63, 3.8) is 0 Å². The highest BCUT2D eigenvalue weighted by Gasteiger charge is 2.57. The van der Waals surface area contributed by atoms with Crippen LogP contribution in [0.3, 0.4) is 0 Å². The number of hydrogen-bond acceptors (Lipinski definition) is 11. The molecule has 5 atom stereocenters. The number of nitriles is 1. The Morgan fingerprint density at radius 3 is 2.58 bits per heavy atom. The number of hydrogen-bond donors (Lipinski definition) is 1. The predicted octanol–water partition coefficient (Wildman–Crippen LogP) is 4.76. The summed E-state index contributed by atoms with van der Waals surface area (Å²) in [5.41, 5.74) is 5.79. The summed E-state index contributed by atoms with van der Waals surface area (Å²) < 4.78 is 35.3. The highest BCUT2D eigenvalue weighted by molar-refractivity contribution is 5.87. The van der Waals surface area contributed by atoms with Crippen molar-refractivity contribution in [2.24, 2.45) is 0 Å². The summed E-state index contributed by atoms with van der Waals surface area (Å²) in [7, 11) is 5.24. The highest BCUT2D eigenvalue weighted by atomic mass is 16.7. The molecule has 4 aliphatic rings. The van der Waals surface area contributed by atoms with E-state index in [2.05, 4.69) is 21.9 Å². The zero-order chi connectivity index (χ0) is 33.7. The molecular formula is C37H39N3O8. The molecule has 1 saturated heterocycles. The van der Waals surface area contributed by atoms with Gasteiger partial charge in [-0.3, -0.25) is 9.80 Å². The summed E-state index contributed by atoms with van der Waals surface area (Å²) in [6.07, 6.45) is 4.10. The third-order valence-electron chi connectivity index (χ3n) is 10.2. The number of piperazine rings is 1. The number of fused-ring (bicyclic) bond motifs is 9. The molecule has 7 rings (SSSR count). The van der Waals surface area contributed by atoms with E-state index in [1.807, 2.05) is 44.3 Å². The number of benzene rings is 3. The van der Waals surface area contributed by atoms with Gasteiger partial charge in [0, 0.05) is 47.5 Å². The summed E-state index contributed by atoms with van der Waals surface area (Å²) >= 11 is 0. The molecule has 1 unspecified atom stereocenters. The van der Waals surface area contributed by atoms with Gasteiger partial charge < -0.3 is 33.5 Å². The maximum absolute atomic E-state index is 13.1. The maximum atomic E-state index is 13.1. The molecular weight excluding hydrogens is 614 g/mol. The molecule has 3 aromatic carbocycles. The van der Waals surface area contributed by atoms with E-state index in [-0.39, 0.29) is 44.1 Å². The molecule has 4 heterocycles. The Kier molecular flexibility index (Phi) is 8.41. The third-order valence-corrected chi connectivity index (χ3v) is 10.2. The summed E-state index contributed by atoms with van der Waals surface area (Å²) in [6, 6.07) is 12.3. The third kappa shape index (κ3) is 5.03. The van der Waals surface area contributed by atoms with E-state index < -0.39 is 18.1 Å². The van der Waals surface area contributed by atoms with Crippen LogP contribution in [0.15, 0.2) is 42.5 Å². The van der Waals surface area contributed by atoms with Gasteiger partial charge in [0.2, 0.25) is 6.79 Å². The largest absolute Gasteiger partial charge is 0.507 e. The van der Waals surface area contributed by atoms with Gasteiger partial charge >= 0.3 is 5.97 Å². The van der Waals surface area contributed by atoms with Gasteiger partial charge in [0.1, 0.15) is 18.4 Å². The quantitative estimate of drug-likeness (QED) is 0.206. The van der Waals surface area contributed by atoms with Crippen molar-refractivity contribution in [2.75, 3.05) is 41.5 Å². The monoisotopic (exact) mass is 653 g/mol. The summed E-state index contributed by atoms with van der Waals surface area (Å²) in [5.74, 6) is 1.81. The van der Waals surface area contributed by atoms with E-state index in [0.717, 1.165) is 22.3 Å². The van der Waals surface area contributed by atoms with Crippen LogP contribution in [0.5, 0.6) is 28.7 Å². The van der Waals surface area contributed by atoms with Gasteiger partial charge in [0.25, 0.3) is 0 Å². The molecule has 11 heteroatoms. The summed E-state index contributed by atoms with van der Waals surface area (Å²) in [4.78, 5) is 17.6. The number of ether oxygens (including phenoxy) is 6. The van der Waals surface area contributed by atoms with E-state index in [1.165, 1.54) is 6.08 Å². The zero-order valence-corrected chi connectivity index (χ0v) is 27.7. The highest BCUT2D eigenvalue weighted by Crippen LogP contribution is 2.58. The maximum Gasteiger partial charge on any atom is 0.330 e. The van der Waals surface area contributed by atoms with Crippen LogP contribution in [0.25, 0.3) is 6.08 Å². The Morgan fingerprint density at radius 1 is 1.08 bits per heavy atom. The lowest BCUT2D eigenvalue weighted by Gasteiger charge is -2.59. The molecule has 3 aromatic rings. The van der Waals surface area contributed by atoms with Crippen LogP contribution in [0.1, 0.15) is 51.0 Å². The minimum absolute atomic E-state index is 0.00417. The second kappa shape index (κ2) is 12.7. The average Bonchev–Trinajstić information content (AvgIpc) is 3.58. The van der Waals surface area contributed by atoms with Crippen molar-refractivity contribution in [3.8, 4) is 34.8 Å². The average molecular weight is 654 g/mol. The number of phenols is 1. The Balaban J connectivity index is 1.37. The van der Waals surface area contributed by atoms with E-state index in [0.29, 0.717) is 52.5 Å². The van der Waals surface area contributed by atoms with Crippen molar-refractivity contribution < 1.29 is 38.3 Å². The zero-order valence-electron chi connectivity index (χ0n) is 27.7. The van der Waals surface area contributed by atoms with E-state index >= 15 is 0 Å². The lowest BCUT2D eigenvalue weighted by Crippen LogP contribution is -2.68. The Labute approximate surface area is 279 Å². The van der Waals surface area contributed by atoms with Crippen LogP contribution < -0.4 is 18.9 Å². The SMILES string of the molecule is COCOc1c(OC)c(C)cc2c1[C@@H]1C3Cc4c(O)c(C)c5c(c4[C@H](COC(=O)/C=C/c4ccccc4)N3[C@@H](C#N)[C@H](C2)N1C)OCO5. The number of methoxy groups -OCH3 is 2. The van der Waals surface area contributed by atoms with Crippen molar-refractivity contribution in [1.29, 1.82) is 5.26 Å². The lowest BCUT2D eigenvalue weighted by molar-refractivity contribution is -0.143. The van der Waals surface area contributed by atoms with Crippen LogP contribution >= 0.6 is 0 Å². The standard InChI is InChI=1S/C37H39N3O8/c1-20-13-23-14-25-27(16-38)40-26(32(39(25)3)30(23)36(34(20)44-5)46-18-43-4)15-24-31(37-35(47-19-48-37)21(2)33(24)42)28(40)17-45-29(41)12-11-22-9-7-6-8-10-22/h6-13,25-28,32,42H,14-15,17-19H2,1-5H3/b12-11+/t25-,26?,27-,28-,32-/m0/s1. The second-order valence-electron chi connectivity index (χ2n) is 12.7. The smallest absolute Gasteiger partial charge is 0.330 e. The van der Waals surface area contributed by atoms with E-state index in [9.17, 15) is 15.2 Å². The number of carbonyl (C=O) groups is 1. The fourth-order valence-corrected chi connectivity index (χ4v) is 8.18. The normalized spacial score (nSPS) is 24.0. The first kappa shape index (κ1) is 31.8. The van der Waals surface area contributed by atoms with E-state index in [4.69, 9.17) is 28.4 Å². The fraction of sp³-hybridized carbons (Fsp3) is 0.405. The number of nitrogens with zero attached hydrogens (tertiary/aromatic N) is 3. The second-order valence-corrected chi connectivity index (χ2v) is 12.7. The molecule has 4 aliphatic heterocycles. The molecule has 0 saturated carbocycles. The first-order valence-electron chi connectivity index (χ1n) is 16.0. The van der Waals surface area contributed by atoms with Crippen LogP contribution in [-0.2, 0) is 27.1 Å². The van der Waals surface area contributed by atoms with Gasteiger partial charge in [0.05, 0.1) is 25.3 Å². The number of aryl methyl sites for hydroxylation is 1. The topological polar surface area (TPSA) is 123 Å². The van der Waals surface area contributed by atoms with Gasteiger partial charge in [-0.05, 0) is 56.5 Å². The molecule has 2 bridgehead atoms. The van der Waals surface area contributed by atoms with Gasteiger partial charge in [-0.15, -0.1) is 0 Å². The van der Waals surface area contributed by atoms with Gasteiger partial charge in [-0.2, -0.15) is 5.26 Å². The number of phenolic OH excluding ortho intramolecular Hbond substituents is 1. The fourth-order valence-electron chi connectivity index (χ4n) is 8.18. The Hall–Kier alpha value is -4.76. The number of aromatic hydroxyl groups is 1. The molecule has 1 N–H and O–H groups in total. The Morgan fingerprint density at radius 2 is 1.85 bits per heavy atom. The minimum atomic E-state index is -0.615. The molecule has 1 fully saturated rings. The van der Waals surface area contributed by atoms with Gasteiger partial charge in [0.15, 0.2) is 29.8 Å². The van der Waals surface area contributed by atoms with Crippen LogP contribution in [0.2, 0.25) is 0 Å². The van der Waals surface area contributed by atoms with Crippen molar-refractivity contribution in [3.05, 3.63) is 81.4 Å².